The van der Waals surface area contributed by atoms with E-state index in [0.717, 1.165) is 12.8 Å². The van der Waals surface area contributed by atoms with E-state index in [9.17, 15) is 19.2 Å². The number of halogens is 2. The van der Waals surface area contributed by atoms with E-state index >= 15 is 4.39 Å². The fourth-order valence-electron chi connectivity index (χ4n) is 5.16. The highest BCUT2D eigenvalue weighted by Gasteiger charge is 2.49. The maximum absolute atomic E-state index is 15.2. The number of carbonyl (C=O) groups excluding carboxylic acids is 3. The third kappa shape index (κ3) is 5.24. The summed E-state index contributed by atoms with van der Waals surface area (Å²) in [5.41, 5.74) is -0.465. The molecule has 1 unspecified atom stereocenters. The van der Waals surface area contributed by atoms with Crippen LogP contribution in [0.15, 0.2) is 36.4 Å². The van der Waals surface area contributed by atoms with E-state index in [1.165, 1.54) is 41.3 Å². The van der Waals surface area contributed by atoms with Gasteiger partial charge in [-0.2, -0.15) is 0 Å². The van der Waals surface area contributed by atoms with Gasteiger partial charge in [-0.25, -0.2) is 14.0 Å². The average Bonchev–Trinajstić information content (AvgIpc) is 3.69. The van der Waals surface area contributed by atoms with E-state index in [4.69, 9.17) is 21.4 Å². The Labute approximate surface area is 222 Å². The van der Waals surface area contributed by atoms with Gasteiger partial charge in [0.05, 0.1) is 22.8 Å². The lowest BCUT2D eigenvalue weighted by atomic mass is 9.82. The molecule has 1 saturated heterocycles. The van der Waals surface area contributed by atoms with Crippen molar-refractivity contribution in [2.75, 3.05) is 23.7 Å². The van der Waals surface area contributed by atoms with Gasteiger partial charge < -0.3 is 20.1 Å². The number of benzene rings is 2. The zero-order chi connectivity index (χ0) is 27.0. The van der Waals surface area contributed by atoms with Gasteiger partial charge in [-0.05, 0) is 61.6 Å². The fraction of sp³-hybridized carbons (Fsp3) is 0.385. The summed E-state index contributed by atoms with van der Waals surface area (Å²) in [5, 5.41) is 16.2. The summed E-state index contributed by atoms with van der Waals surface area (Å²) in [6, 6.07) is 7.88. The summed E-state index contributed by atoms with van der Waals surface area (Å²) in [7, 11) is 0. The third-order valence-corrected chi connectivity index (χ3v) is 7.40. The number of nitrogens with one attached hydrogen (secondary N) is 3. The van der Waals surface area contributed by atoms with Crippen molar-refractivity contribution in [3.63, 3.8) is 0 Å². The van der Waals surface area contributed by atoms with Gasteiger partial charge in [0.1, 0.15) is 6.04 Å². The maximum Gasteiger partial charge on any atom is 0.412 e. The van der Waals surface area contributed by atoms with Gasteiger partial charge in [0.2, 0.25) is 5.91 Å². The van der Waals surface area contributed by atoms with Crippen molar-refractivity contribution in [1.82, 2.24) is 10.2 Å². The number of amides is 4. The van der Waals surface area contributed by atoms with Gasteiger partial charge in [0.25, 0.3) is 5.91 Å². The Balaban J connectivity index is 1.36. The number of piperidine rings is 1. The van der Waals surface area contributed by atoms with Crippen molar-refractivity contribution in [2.45, 2.75) is 43.7 Å². The molecule has 3 aliphatic rings. The second-order valence-electron chi connectivity index (χ2n) is 9.87. The van der Waals surface area contributed by atoms with Crippen molar-refractivity contribution < 1.29 is 33.4 Å². The predicted molar refractivity (Wildman–Crippen MR) is 136 cm³/mol. The van der Waals surface area contributed by atoms with Gasteiger partial charge in [0.15, 0.2) is 11.4 Å². The van der Waals surface area contributed by atoms with Crippen LogP contribution < -0.4 is 16.0 Å². The average molecular weight is 545 g/mol. The SMILES string of the molecule is O=C(O)Nc1ccc(C(=O)N[C@@H](CC2CC2)C(=O)N2CCCC3(C2)OC(=O)Nc2ccc(Cl)c(F)c23)cc1. The molecule has 0 radical (unpaired) electrons. The molecule has 1 aliphatic carbocycles. The number of hydrogen-bond donors (Lipinski definition) is 4. The lowest BCUT2D eigenvalue weighted by Crippen LogP contribution is -2.57. The van der Waals surface area contributed by atoms with Crippen LogP contribution in [0.4, 0.5) is 25.4 Å². The van der Waals surface area contributed by atoms with Gasteiger partial charge in [-0.15, -0.1) is 0 Å². The Hall–Kier alpha value is -3.86. The molecule has 1 spiro atoms. The predicted octanol–water partition coefficient (Wildman–Crippen LogP) is 4.55. The van der Waals surface area contributed by atoms with Crippen molar-refractivity contribution in [3.05, 3.63) is 58.4 Å². The van der Waals surface area contributed by atoms with Crippen LogP contribution in [0.1, 0.15) is 48.0 Å². The van der Waals surface area contributed by atoms with Crippen molar-refractivity contribution in [2.24, 2.45) is 5.92 Å². The molecule has 12 heteroatoms. The van der Waals surface area contributed by atoms with Gasteiger partial charge >= 0.3 is 12.2 Å². The van der Waals surface area contributed by atoms with Crippen LogP contribution in [-0.4, -0.2) is 53.1 Å². The first-order valence-corrected chi connectivity index (χ1v) is 12.7. The fourth-order valence-corrected chi connectivity index (χ4v) is 5.32. The Morgan fingerprint density at radius 2 is 1.95 bits per heavy atom. The molecule has 2 atom stereocenters. The van der Waals surface area contributed by atoms with Crippen LogP contribution in [0.3, 0.4) is 0 Å². The highest BCUT2D eigenvalue weighted by Crippen LogP contribution is 2.45. The van der Waals surface area contributed by atoms with E-state index < -0.39 is 35.6 Å². The minimum Gasteiger partial charge on any atom is -0.465 e. The molecule has 0 aromatic heterocycles. The minimum atomic E-state index is -1.40. The summed E-state index contributed by atoms with van der Waals surface area (Å²) in [6.45, 7) is 0.284. The smallest absolute Gasteiger partial charge is 0.412 e. The number of ether oxygens (including phenoxy) is 1. The molecule has 4 N–H and O–H groups in total. The van der Waals surface area contributed by atoms with Crippen molar-refractivity contribution in [1.29, 1.82) is 0 Å². The molecule has 5 rings (SSSR count). The number of carbonyl (C=O) groups is 4. The highest BCUT2D eigenvalue weighted by atomic mass is 35.5. The Morgan fingerprint density at radius 3 is 2.63 bits per heavy atom. The molecule has 200 valence electrons. The molecule has 2 fully saturated rings. The van der Waals surface area contributed by atoms with Crippen LogP contribution >= 0.6 is 11.6 Å². The monoisotopic (exact) mass is 544 g/mol. The van der Waals surface area contributed by atoms with E-state index in [0.29, 0.717) is 37.4 Å². The van der Waals surface area contributed by atoms with Crippen LogP contribution in [0.25, 0.3) is 0 Å². The van der Waals surface area contributed by atoms with E-state index in [1.54, 1.807) is 0 Å². The quantitative estimate of drug-likeness (QED) is 0.421. The lowest BCUT2D eigenvalue weighted by Gasteiger charge is -2.45. The number of fused-ring (bicyclic) bond motifs is 2. The highest BCUT2D eigenvalue weighted by molar-refractivity contribution is 6.31. The molecule has 1 saturated carbocycles. The lowest BCUT2D eigenvalue weighted by molar-refractivity contribution is -0.141. The second-order valence-corrected chi connectivity index (χ2v) is 10.3. The van der Waals surface area contributed by atoms with Crippen LogP contribution in [0.2, 0.25) is 5.02 Å². The molecule has 2 aliphatic heterocycles. The molecule has 38 heavy (non-hydrogen) atoms. The third-order valence-electron chi connectivity index (χ3n) is 7.11. The summed E-state index contributed by atoms with van der Waals surface area (Å²) in [5.74, 6) is -1.22. The first kappa shape index (κ1) is 25.8. The summed E-state index contributed by atoms with van der Waals surface area (Å²) >= 11 is 6.04. The van der Waals surface area contributed by atoms with Gasteiger partial charge in [-0.1, -0.05) is 24.4 Å². The van der Waals surface area contributed by atoms with Crippen molar-refractivity contribution >= 4 is 47.0 Å². The minimum absolute atomic E-state index is 0.0733. The Morgan fingerprint density at radius 1 is 1.21 bits per heavy atom. The zero-order valence-corrected chi connectivity index (χ0v) is 21.0. The zero-order valence-electron chi connectivity index (χ0n) is 20.3. The number of nitrogens with zero attached hydrogens (tertiary/aromatic N) is 1. The molecule has 4 amide bonds. The second kappa shape index (κ2) is 10.1. The number of anilines is 2. The van der Waals surface area contributed by atoms with E-state index in [1.807, 2.05) is 0 Å². The molecule has 2 heterocycles. The van der Waals surface area contributed by atoms with Crippen LogP contribution in [0, 0.1) is 11.7 Å². The first-order chi connectivity index (χ1) is 18.1. The normalized spacial score (nSPS) is 21.1. The van der Waals surface area contributed by atoms with Crippen LogP contribution in [-0.2, 0) is 15.1 Å². The van der Waals surface area contributed by atoms with Gasteiger partial charge in [-0.3, -0.25) is 20.2 Å². The molecular weight excluding hydrogens is 519 g/mol. The number of hydrogen-bond acceptors (Lipinski definition) is 5. The van der Waals surface area contributed by atoms with Crippen molar-refractivity contribution in [3.8, 4) is 0 Å². The van der Waals surface area contributed by atoms with Crippen LogP contribution in [0.5, 0.6) is 0 Å². The molecule has 0 bridgehead atoms. The first-order valence-electron chi connectivity index (χ1n) is 12.3. The molecule has 10 nitrogen and oxygen atoms in total. The van der Waals surface area contributed by atoms with E-state index in [-0.39, 0.29) is 34.3 Å². The Kier molecular flexibility index (Phi) is 6.87. The van der Waals surface area contributed by atoms with Gasteiger partial charge in [0, 0.05) is 17.8 Å². The Bertz CT molecular complexity index is 1300. The standard InChI is InChI=1S/C26H26ClFN4O6/c27-17-8-9-18-20(21(17)28)26(38-25(37)31-18)10-1-11-32(13-26)23(34)19(12-14-2-3-14)30-22(33)15-4-6-16(7-5-15)29-24(35)36/h4-9,14,19,29H,1-3,10-13H2,(H,30,33)(H,31,37)(H,35,36)/t19-,26?/m0/s1. The summed E-state index contributed by atoms with van der Waals surface area (Å²) < 4.78 is 20.8. The number of carboxylic acid groups (broad SMARTS) is 1. The number of likely N-dealkylation sites (tertiary alicyclic amines) is 1. The maximum atomic E-state index is 15.2. The number of rotatable bonds is 6. The summed E-state index contributed by atoms with van der Waals surface area (Å²) in [6.07, 6.45) is 1.17. The molecule has 2 aromatic rings. The molecular formula is C26H26ClFN4O6. The van der Waals surface area contributed by atoms with E-state index in [2.05, 4.69) is 16.0 Å². The topological polar surface area (TPSA) is 137 Å². The summed E-state index contributed by atoms with van der Waals surface area (Å²) in [4.78, 5) is 51.4. The molecule has 2 aromatic carbocycles. The largest absolute Gasteiger partial charge is 0.465 e.